The van der Waals surface area contributed by atoms with Crippen LogP contribution in [0.5, 0.6) is 5.75 Å². The predicted octanol–water partition coefficient (Wildman–Crippen LogP) is 3.03. The van der Waals surface area contributed by atoms with Gasteiger partial charge in [-0.25, -0.2) is 4.39 Å². The van der Waals surface area contributed by atoms with Crippen LogP contribution in [0.2, 0.25) is 0 Å². The molecule has 1 atom stereocenters. The third kappa shape index (κ3) is 2.01. The number of pyridine rings is 1. The summed E-state index contributed by atoms with van der Waals surface area (Å²) in [5.41, 5.74) is 3.00. The molecule has 2 aromatic rings. The van der Waals surface area contributed by atoms with Gasteiger partial charge in [0.15, 0.2) is 0 Å². The van der Waals surface area contributed by atoms with Crippen molar-refractivity contribution in [1.29, 1.82) is 0 Å². The van der Waals surface area contributed by atoms with Gasteiger partial charge in [0.1, 0.15) is 11.6 Å². The predicted molar refractivity (Wildman–Crippen MR) is 67.0 cm³/mol. The summed E-state index contributed by atoms with van der Waals surface area (Å²) >= 11 is 0. The Morgan fingerprint density at radius 3 is 3.00 bits per heavy atom. The summed E-state index contributed by atoms with van der Waals surface area (Å²) in [7, 11) is 0. The molecule has 1 aromatic heterocycles. The zero-order valence-electron chi connectivity index (χ0n) is 9.73. The third-order valence-electron chi connectivity index (χ3n) is 3.25. The number of hydrogen-bond donors (Lipinski definition) is 2. The Bertz CT molecular complexity index is 586. The highest BCUT2D eigenvalue weighted by Gasteiger charge is 2.22. The molecule has 0 fully saturated rings. The zero-order chi connectivity index (χ0) is 12.5. The van der Waals surface area contributed by atoms with Gasteiger partial charge in [0.25, 0.3) is 0 Å². The molecule has 1 aliphatic carbocycles. The van der Waals surface area contributed by atoms with Crippen molar-refractivity contribution >= 4 is 5.69 Å². The van der Waals surface area contributed by atoms with Crippen LogP contribution < -0.4 is 5.32 Å². The highest BCUT2D eigenvalue weighted by molar-refractivity contribution is 5.48. The van der Waals surface area contributed by atoms with E-state index >= 15 is 0 Å². The second-order valence-corrected chi connectivity index (χ2v) is 4.51. The minimum Gasteiger partial charge on any atom is -0.508 e. The lowest BCUT2D eigenvalue weighted by Crippen LogP contribution is -2.07. The van der Waals surface area contributed by atoms with Gasteiger partial charge in [-0.05, 0) is 36.1 Å². The number of anilines is 1. The van der Waals surface area contributed by atoms with Crippen LogP contribution in [0, 0.1) is 5.82 Å². The van der Waals surface area contributed by atoms with E-state index in [0.29, 0.717) is 11.4 Å². The lowest BCUT2D eigenvalue weighted by molar-refractivity contribution is 0.474. The Labute approximate surface area is 104 Å². The van der Waals surface area contributed by atoms with Gasteiger partial charge in [-0.2, -0.15) is 0 Å². The van der Waals surface area contributed by atoms with E-state index in [4.69, 9.17) is 0 Å². The van der Waals surface area contributed by atoms with Crippen LogP contribution in [-0.2, 0) is 6.42 Å². The molecule has 4 heteroatoms. The molecule has 0 bridgehead atoms. The van der Waals surface area contributed by atoms with Gasteiger partial charge in [0.05, 0.1) is 24.1 Å². The van der Waals surface area contributed by atoms with Crippen LogP contribution in [0.4, 0.5) is 10.1 Å². The third-order valence-corrected chi connectivity index (χ3v) is 3.25. The number of benzene rings is 1. The number of nitrogens with zero attached hydrogens (tertiary/aromatic N) is 1. The first-order valence-electron chi connectivity index (χ1n) is 5.91. The second kappa shape index (κ2) is 4.29. The fourth-order valence-corrected chi connectivity index (χ4v) is 2.45. The highest BCUT2D eigenvalue weighted by Crippen LogP contribution is 2.35. The fourth-order valence-electron chi connectivity index (χ4n) is 2.45. The zero-order valence-corrected chi connectivity index (χ0v) is 9.73. The van der Waals surface area contributed by atoms with E-state index in [0.717, 1.165) is 24.0 Å². The first kappa shape index (κ1) is 11.0. The molecular formula is C14H13FN2O. The number of halogens is 1. The minimum absolute atomic E-state index is 0.157. The van der Waals surface area contributed by atoms with Crippen LogP contribution in [0.25, 0.3) is 0 Å². The number of aryl methyl sites for hydroxylation is 1. The quantitative estimate of drug-likeness (QED) is 0.853. The Balaban J connectivity index is 1.85. The fraction of sp³-hybridized carbons (Fsp3) is 0.214. The lowest BCUT2D eigenvalue weighted by atomic mass is 10.1. The second-order valence-electron chi connectivity index (χ2n) is 4.51. The molecule has 1 aromatic carbocycles. The Hall–Kier alpha value is -2.10. The summed E-state index contributed by atoms with van der Waals surface area (Å²) < 4.78 is 13.1. The molecule has 1 heterocycles. The van der Waals surface area contributed by atoms with E-state index in [1.807, 2.05) is 6.07 Å². The summed E-state index contributed by atoms with van der Waals surface area (Å²) in [5.74, 6) is -0.0502. The van der Waals surface area contributed by atoms with Crippen LogP contribution in [0.15, 0.2) is 36.7 Å². The SMILES string of the molecule is Oc1ccc2c(c1)CCC2Nc1cncc(F)c1. The van der Waals surface area contributed by atoms with Crippen molar-refractivity contribution < 1.29 is 9.50 Å². The van der Waals surface area contributed by atoms with Crippen LogP contribution in [0.1, 0.15) is 23.6 Å². The molecule has 0 radical (unpaired) electrons. The summed E-state index contributed by atoms with van der Waals surface area (Å²) in [6, 6.07) is 6.99. The molecule has 1 aliphatic rings. The minimum atomic E-state index is -0.344. The molecule has 2 N–H and O–H groups in total. The van der Waals surface area contributed by atoms with Gasteiger partial charge in [-0.3, -0.25) is 4.98 Å². The van der Waals surface area contributed by atoms with Gasteiger partial charge in [0.2, 0.25) is 0 Å². The van der Waals surface area contributed by atoms with Gasteiger partial charge >= 0.3 is 0 Å². The normalized spacial score (nSPS) is 17.5. The number of aromatic nitrogens is 1. The van der Waals surface area contributed by atoms with Gasteiger partial charge < -0.3 is 10.4 Å². The summed E-state index contributed by atoms with van der Waals surface area (Å²) in [5, 5.41) is 12.7. The number of phenols is 1. The number of fused-ring (bicyclic) bond motifs is 1. The summed E-state index contributed by atoms with van der Waals surface area (Å²) in [4.78, 5) is 3.82. The van der Waals surface area contributed by atoms with Crippen molar-refractivity contribution in [3.63, 3.8) is 0 Å². The van der Waals surface area contributed by atoms with Crippen LogP contribution in [-0.4, -0.2) is 10.1 Å². The van der Waals surface area contributed by atoms with Gasteiger partial charge in [-0.1, -0.05) is 6.07 Å². The van der Waals surface area contributed by atoms with E-state index in [-0.39, 0.29) is 11.9 Å². The number of nitrogens with one attached hydrogen (secondary N) is 1. The molecule has 0 amide bonds. The monoisotopic (exact) mass is 244 g/mol. The first-order valence-corrected chi connectivity index (χ1v) is 5.91. The van der Waals surface area contributed by atoms with E-state index in [2.05, 4.69) is 10.3 Å². The van der Waals surface area contributed by atoms with E-state index in [1.54, 1.807) is 18.3 Å². The molecule has 0 saturated heterocycles. The smallest absolute Gasteiger partial charge is 0.143 e. The van der Waals surface area contributed by atoms with Gasteiger partial charge in [0, 0.05) is 6.07 Å². The standard InChI is InChI=1S/C14H13FN2O/c15-10-6-11(8-16-7-10)17-14-4-1-9-5-12(18)2-3-13(9)14/h2-3,5-8,14,17-18H,1,4H2. The van der Waals surface area contributed by atoms with E-state index in [9.17, 15) is 9.50 Å². The van der Waals surface area contributed by atoms with Crippen LogP contribution >= 0.6 is 0 Å². The van der Waals surface area contributed by atoms with Crippen molar-refractivity contribution in [3.8, 4) is 5.75 Å². The average molecular weight is 244 g/mol. The lowest BCUT2D eigenvalue weighted by Gasteiger charge is -2.15. The first-order chi connectivity index (χ1) is 8.72. The van der Waals surface area contributed by atoms with Crippen molar-refractivity contribution in [2.75, 3.05) is 5.32 Å². The Kier molecular flexibility index (Phi) is 2.63. The molecule has 0 aliphatic heterocycles. The van der Waals surface area contributed by atoms with Crippen molar-refractivity contribution in [1.82, 2.24) is 4.98 Å². The average Bonchev–Trinajstić information content (AvgIpc) is 2.72. The summed E-state index contributed by atoms with van der Waals surface area (Å²) in [6.07, 6.45) is 4.66. The summed E-state index contributed by atoms with van der Waals surface area (Å²) in [6.45, 7) is 0. The molecule has 1 unspecified atom stereocenters. The van der Waals surface area contributed by atoms with E-state index < -0.39 is 0 Å². The van der Waals surface area contributed by atoms with E-state index in [1.165, 1.54) is 12.3 Å². The number of hydrogen-bond acceptors (Lipinski definition) is 3. The van der Waals surface area contributed by atoms with Gasteiger partial charge in [-0.15, -0.1) is 0 Å². The van der Waals surface area contributed by atoms with Crippen molar-refractivity contribution in [2.45, 2.75) is 18.9 Å². The molecular weight excluding hydrogens is 231 g/mol. The molecule has 92 valence electrons. The molecule has 0 spiro atoms. The number of aromatic hydroxyl groups is 1. The molecule has 18 heavy (non-hydrogen) atoms. The maximum absolute atomic E-state index is 13.1. The molecule has 0 saturated carbocycles. The highest BCUT2D eigenvalue weighted by atomic mass is 19.1. The largest absolute Gasteiger partial charge is 0.508 e. The Morgan fingerprint density at radius 2 is 2.17 bits per heavy atom. The van der Waals surface area contributed by atoms with Crippen molar-refractivity contribution in [3.05, 3.63) is 53.6 Å². The number of phenolic OH excluding ortho intramolecular Hbond substituents is 1. The molecule has 3 nitrogen and oxygen atoms in total. The maximum atomic E-state index is 13.1. The Morgan fingerprint density at radius 1 is 1.28 bits per heavy atom. The maximum Gasteiger partial charge on any atom is 0.143 e. The topological polar surface area (TPSA) is 45.1 Å². The number of rotatable bonds is 2. The van der Waals surface area contributed by atoms with Crippen molar-refractivity contribution in [2.24, 2.45) is 0 Å². The van der Waals surface area contributed by atoms with Crippen LogP contribution in [0.3, 0.4) is 0 Å². The molecule has 3 rings (SSSR count).